The summed E-state index contributed by atoms with van der Waals surface area (Å²) in [6.45, 7) is 2.95. The third-order valence-electron chi connectivity index (χ3n) is 3.43. The maximum Gasteiger partial charge on any atom is 0.297 e. The highest BCUT2D eigenvalue weighted by molar-refractivity contribution is 7.87. The van der Waals surface area contributed by atoms with Gasteiger partial charge in [0.25, 0.3) is 20.2 Å². The third kappa shape index (κ3) is 6.52. The number of hydrogen-bond acceptors (Lipinski definition) is 6. The van der Waals surface area contributed by atoms with Gasteiger partial charge in [-0.25, -0.2) is 0 Å². The van der Waals surface area contributed by atoms with Gasteiger partial charge in [-0.15, -0.1) is 0 Å². The van der Waals surface area contributed by atoms with Gasteiger partial charge in [-0.1, -0.05) is 47.2 Å². The van der Waals surface area contributed by atoms with Crippen molar-refractivity contribution in [1.82, 2.24) is 0 Å². The maximum absolute atomic E-state index is 11.9. The second-order valence-electron chi connectivity index (χ2n) is 5.66. The van der Waals surface area contributed by atoms with Gasteiger partial charge >= 0.3 is 0 Å². The van der Waals surface area contributed by atoms with Crippen LogP contribution in [0.15, 0.2) is 58.3 Å². The first kappa shape index (κ1) is 21.7. The molecule has 2 rings (SSSR count). The molecule has 6 nitrogen and oxygen atoms in total. The van der Waals surface area contributed by atoms with Gasteiger partial charge in [0.2, 0.25) is 0 Å². The minimum Gasteiger partial charge on any atom is -0.253 e. The first-order valence-electron chi connectivity index (χ1n) is 8.09. The van der Waals surface area contributed by atoms with Crippen LogP contribution >= 0.6 is 0 Å². The standard InChI is InChI=1S/C20H18O6S2/c1-17-7-11-19(12-8-17)27(21,22)25-15-5-3-4-6-16-26-28(23,24)20-13-9-18(2)10-14-20/h7-14H,15-16H2,1-2H3. The highest BCUT2D eigenvalue weighted by Gasteiger charge is 2.14. The van der Waals surface area contributed by atoms with Crippen LogP contribution in [0.4, 0.5) is 0 Å². The highest BCUT2D eigenvalue weighted by atomic mass is 32.2. The molecule has 8 heteroatoms. The van der Waals surface area contributed by atoms with Gasteiger partial charge in [0.15, 0.2) is 0 Å². The maximum atomic E-state index is 11.9. The van der Waals surface area contributed by atoms with E-state index >= 15 is 0 Å². The lowest BCUT2D eigenvalue weighted by molar-refractivity contribution is 0.362. The van der Waals surface area contributed by atoms with Crippen LogP contribution in [0.5, 0.6) is 0 Å². The molecule has 0 N–H and O–H groups in total. The van der Waals surface area contributed by atoms with Crippen molar-refractivity contribution in [3.8, 4) is 23.7 Å². The van der Waals surface area contributed by atoms with Crippen LogP contribution in [0, 0.1) is 37.5 Å². The molecule has 28 heavy (non-hydrogen) atoms. The van der Waals surface area contributed by atoms with E-state index in [1.54, 1.807) is 24.3 Å². The Morgan fingerprint density at radius 1 is 0.643 bits per heavy atom. The van der Waals surface area contributed by atoms with Gasteiger partial charge in [0.1, 0.15) is 13.2 Å². The van der Waals surface area contributed by atoms with E-state index in [9.17, 15) is 16.8 Å². The summed E-state index contributed by atoms with van der Waals surface area (Å²) in [5.41, 5.74) is 1.86. The Morgan fingerprint density at radius 2 is 0.964 bits per heavy atom. The lowest BCUT2D eigenvalue weighted by Gasteiger charge is -2.02. The lowest BCUT2D eigenvalue weighted by atomic mass is 10.2. The molecule has 0 amide bonds. The van der Waals surface area contributed by atoms with Crippen molar-refractivity contribution in [3.05, 3.63) is 59.7 Å². The molecule has 2 aromatic rings. The van der Waals surface area contributed by atoms with Crippen molar-refractivity contribution < 1.29 is 25.2 Å². The molecule has 0 aliphatic carbocycles. The average Bonchev–Trinajstić information content (AvgIpc) is 2.64. The third-order valence-corrected chi connectivity index (χ3v) is 5.99. The fourth-order valence-corrected chi connectivity index (χ4v) is 3.56. The number of hydrogen-bond donors (Lipinski definition) is 0. The van der Waals surface area contributed by atoms with E-state index in [-0.39, 0.29) is 23.0 Å². The van der Waals surface area contributed by atoms with Gasteiger partial charge in [-0.3, -0.25) is 8.37 Å². The zero-order chi connectivity index (χ0) is 20.6. The molecule has 0 aliphatic rings. The fourth-order valence-electron chi connectivity index (χ4n) is 1.92. The van der Waals surface area contributed by atoms with Crippen molar-refractivity contribution >= 4 is 20.2 Å². The van der Waals surface area contributed by atoms with E-state index in [1.165, 1.54) is 24.3 Å². The molecular formula is C20H18O6S2. The largest absolute Gasteiger partial charge is 0.297 e. The quantitative estimate of drug-likeness (QED) is 0.529. The Morgan fingerprint density at radius 3 is 1.29 bits per heavy atom. The summed E-state index contributed by atoms with van der Waals surface area (Å²) >= 11 is 0. The molecule has 0 atom stereocenters. The van der Waals surface area contributed by atoms with Crippen LogP contribution < -0.4 is 0 Å². The molecule has 146 valence electrons. The van der Waals surface area contributed by atoms with Gasteiger partial charge in [-0.05, 0) is 50.0 Å². The zero-order valence-electron chi connectivity index (χ0n) is 15.3. The summed E-state index contributed by atoms with van der Waals surface area (Å²) in [5.74, 6) is 9.61. The van der Waals surface area contributed by atoms with Crippen molar-refractivity contribution in [3.63, 3.8) is 0 Å². The lowest BCUT2D eigenvalue weighted by Crippen LogP contribution is -2.06. The van der Waals surface area contributed by atoms with E-state index in [4.69, 9.17) is 8.37 Å². The molecule has 0 radical (unpaired) electrons. The van der Waals surface area contributed by atoms with E-state index in [0.29, 0.717) is 0 Å². The molecule has 0 spiro atoms. The fraction of sp³-hybridized carbons (Fsp3) is 0.200. The molecule has 0 saturated carbocycles. The summed E-state index contributed by atoms with van der Waals surface area (Å²) in [6.07, 6.45) is 0. The minimum atomic E-state index is -3.88. The molecular weight excluding hydrogens is 400 g/mol. The van der Waals surface area contributed by atoms with Crippen molar-refractivity contribution in [1.29, 1.82) is 0 Å². The predicted octanol–water partition coefficient (Wildman–Crippen LogP) is 2.42. The van der Waals surface area contributed by atoms with E-state index in [0.717, 1.165) is 11.1 Å². The van der Waals surface area contributed by atoms with E-state index in [2.05, 4.69) is 23.7 Å². The summed E-state index contributed by atoms with van der Waals surface area (Å²) in [4.78, 5) is 0.0846. The van der Waals surface area contributed by atoms with Gasteiger partial charge in [-0.2, -0.15) is 16.8 Å². The normalized spacial score (nSPS) is 11.1. The molecule has 0 bridgehead atoms. The molecule has 2 aromatic carbocycles. The second kappa shape index (κ2) is 9.54. The molecule has 0 saturated heterocycles. The van der Waals surface area contributed by atoms with Crippen LogP contribution in [-0.4, -0.2) is 30.0 Å². The van der Waals surface area contributed by atoms with Crippen molar-refractivity contribution in [2.75, 3.05) is 13.2 Å². The predicted molar refractivity (Wildman–Crippen MR) is 104 cm³/mol. The SMILES string of the molecule is Cc1ccc(S(=O)(=O)OCC#CC#CCOS(=O)(=O)c2ccc(C)cc2)cc1. The van der Waals surface area contributed by atoms with Gasteiger partial charge in [0, 0.05) is 0 Å². The van der Waals surface area contributed by atoms with Crippen LogP contribution in [0.3, 0.4) is 0 Å². The summed E-state index contributed by atoms with van der Waals surface area (Å²) in [7, 11) is -7.76. The Hall–Kier alpha value is -2.62. The van der Waals surface area contributed by atoms with Crippen LogP contribution in [0.1, 0.15) is 11.1 Å². The number of benzene rings is 2. The highest BCUT2D eigenvalue weighted by Crippen LogP contribution is 2.13. The smallest absolute Gasteiger partial charge is 0.253 e. The molecule has 0 aliphatic heterocycles. The molecule has 0 fully saturated rings. The number of aryl methyl sites for hydroxylation is 2. The summed E-state index contributed by atoms with van der Waals surface area (Å²) in [5, 5.41) is 0. The van der Waals surface area contributed by atoms with Crippen molar-refractivity contribution in [2.45, 2.75) is 23.6 Å². The summed E-state index contributed by atoms with van der Waals surface area (Å²) in [6, 6.07) is 12.5. The van der Waals surface area contributed by atoms with Gasteiger partial charge < -0.3 is 0 Å². The van der Waals surface area contributed by atoms with E-state index < -0.39 is 20.2 Å². The van der Waals surface area contributed by atoms with Crippen LogP contribution in [0.2, 0.25) is 0 Å². The monoisotopic (exact) mass is 418 g/mol. The molecule has 0 unspecified atom stereocenters. The Bertz CT molecular complexity index is 1040. The van der Waals surface area contributed by atoms with Crippen LogP contribution in [-0.2, 0) is 28.6 Å². The second-order valence-corrected chi connectivity index (χ2v) is 8.89. The molecule has 0 heterocycles. The molecule has 0 aromatic heterocycles. The number of rotatable bonds is 6. The van der Waals surface area contributed by atoms with E-state index in [1.807, 2.05) is 13.8 Å². The first-order chi connectivity index (χ1) is 13.2. The average molecular weight is 418 g/mol. The van der Waals surface area contributed by atoms with Gasteiger partial charge in [0.05, 0.1) is 9.79 Å². The van der Waals surface area contributed by atoms with Crippen molar-refractivity contribution in [2.24, 2.45) is 0 Å². The summed E-state index contributed by atoms with van der Waals surface area (Å²) < 4.78 is 57.3. The zero-order valence-corrected chi connectivity index (χ0v) is 16.9. The Labute approximate surface area is 165 Å². The Kier molecular flexibility index (Phi) is 7.38. The Balaban J connectivity index is 1.83. The topological polar surface area (TPSA) is 86.7 Å². The van der Waals surface area contributed by atoms with Crippen LogP contribution in [0.25, 0.3) is 0 Å². The first-order valence-corrected chi connectivity index (χ1v) is 10.9. The minimum absolute atomic E-state index is 0.0423.